The molecule has 27 heavy (non-hydrogen) atoms. The molecule has 1 aromatic carbocycles. The van der Waals surface area contributed by atoms with Crippen LogP contribution in [-0.4, -0.2) is 62.8 Å². The Morgan fingerprint density at radius 1 is 1.04 bits per heavy atom. The summed E-state index contributed by atoms with van der Waals surface area (Å²) >= 11 is 0. The van der Waals surface area contributed by atoms with Crippen LogP contribution in [0.3, 0.4) is 0 Å². The monoisotopic (exact) mass is 394 g/mol. The molecule has 2 aliphatic rings. The van der Waals surface area contributed by atoms with Crippen molar-refractivity contribution in [3.05, 3.63) is 29.8 Å². The number of piperidine rings is 2. The van der Waals surface area contributed by atoms with Gasteiger partial charge in [0.2, 0.25) is 10.0 Å². The van der Waals surface area contributed by atoms with Crippen LogP contribution in [0, 0.1) is 5.92 Å². The van der Waals surface area contributed by atoms with E-state index < -0.39 is 10.0 Å². The zero-order valence-electron chi connectivity index (χ0n) is 15.6. The molecule has 1 amide bonds. The molecule has 0 spiro atoms. The van der Waals surface area contributed by atoms with Crippen LogP contribution in [0.15, 0.2) is 29.2 Å². The summed E-state index contributed by atoms with van der Waals surface area (Å²) < 4.78 is 31.9. The number of benzene rings is 1. The van der Waals surface area contributed by atoms with Crippen LogP contribution in [0.5, 0.6) is 0 Å². The number of carbonyl (C=O) groups excluding carboxylic acids is 2. The minimum Gasteiger partial charge on any atom is -0.469 e. The maximum atomic E-state index is 12.8. The van der Waals surface area contributed by atoms with Crippen molar-refractivity contribution in [3.63, 3.8) is 0 Å². The first-order chi connectivity index (χ1) is 12.9. The van der Waals surface area contributed by atoms with Crippen molar-refractivity contribution in [1.82, 2.24) is 9.21 Å². The van der Waals surface area contributed by atoms with Gasteiger partial charge in [-0.2, -0.15) is 4.31 Å². The second kappa shape index (κ2) is 8.39. The lowest BCUT2D eigenvalue weighted by atomic mass is 9.96. The molecular formula is C19H26N2O5S. The third kappa shape index (κ3) is 4.32. The van der Waals surface area contributed by atoms with Gasteiger partial charge in [0, 0.05) is 31.7 Å². The lowest BCUT2D eigenvalue weighted by Crippen LogP contribution is -2.40. The Kier molecular flexibility index (Phi) is 6.16. The number of ether oxygens (including phenoxy) is 1. The molecule has 0 atom stereocenters. The number of hydrogen-bond acceptors (Lipinski definition) is 5. The molecule has 0 radical (unpaired) electrons. The summed E-state index contributed by atoms with van der Waals surface area (Å²) in [4.78, 5) is 26.3. The fourth-order valence-electron chi connectivity index (χ4n) is 3.71. The number of likely N-dealkylation sites (tertiary alicyclic amines) is 1. The predicted molar refractivity (Wildman–Crippen MR) is 99.7 cm³/mol. The summed E-state index contributed by atoms with van der Waals surface area (Å²) in [5.41, 5.74) is 0.365. The Morgan fingerprint density at radius 3 is 2.33 bits per heavy atom. The van der Waals surface area contributed by atoms with Gasteiger partial charge in [-0.3, -0.25) is 9.59 Å². The molecule has 0 unspecified atom stereocenters. The van der Waals surface area contributed by atoms with E-state index in [9.17, 15) is 18.0 Å². The second-order valence-electron chi connectivity index (χ2n) is 7.08. The van der Waals surface area contributed by atoms with Crippen molar-refractivity contribution in [2.45, 2.75) is 37.0 Å². The molecule has 8 heteroatoms. The van der Waals surface area contributed by atoms with Crippen LogP contribution >= 0.6 is 0 Å². The largest absolute Gasteiger partial charge is 0.469 e. The van der Waals surface area contributed by atoms with Crippen molar-refractivity contribution in [1.29, 1.82) is 0 Å². The number of carbonyl (C=O) groups is 2. The maximum Gasteiger partial charge on any atom is 0.308 e. The highest BCUT2D eigenvalue weighted by atomic mass is 32.2. The molecule has 0 saturated carbocycles. The standard InChI is InChI=1S/C19H26N2O5S/c1-26-19(23)15-8-12-20(13-9-15)18(22)16-6-5-7-17(14-16)27(24,25)21-10-3-2-4-11-21/h5-7,14-15H,2-4,8-13H2,1H3. The average molecular weight is 394 g/mol. The van der Waals surface area contributed by atoms with Crippen molar-refractivity contribution >= 4 is 21.9 Å². The molecule has 2 aliphatic heterocycles. The van der Waals surface area contributed by atoms with E-state index in [1.54, 1.807) is 23.1 Å². The highest BCUT2D eigenvalue weighted by Crippen LogP contribution is 2.24. The van der Waals surface area contributed by atoms with Crippen LogP contribution in [0.1, 0.15) is 42.5 Å². The number of esters is 1. The van der Waals surface area contributed by atoms with Crippen molar-refractivity contribution < 1.29 is 22.7 Å². The Hall–Kier alpha value is -1.93. The third-order valence-corrected chi connectivity index (χ3v) is 7.25. The zero-order valence-corrected chi connectivity index (χ0v) is 16.4. The summed E-state index contributed by atoms with van der Waals surface area (Å²) in [6, 6.07) is 6.28. The molecule has 2 fully saturated rings. The van der Waals surface area contributed by atoms with Crippen LogP contribution in [-0.2, 0) is 19.6 Å². The first kappa shape index (κ1) is 19.8. The number of methoxy groups -OCH3 is 1. The summed E-state index contributed by atoms with van der Waals surface area (Å²) in [6.45, 7) is 1.98. The smallest absolute Gasteiger partial charge is 0.308 e. The van der Waals surface area contributed by atoms with Crippen molar-refractivity contribution in [3.8, 4) is 0 Å². The van der Waals surface area contributed by atoms with E-state index in [0.29, 0.717) is 44.6 Å². The molecule has 3 rings (SSSR count). The average Bonchev–Trinajstić information content (AvgIpc) is 2.73. The van der Waals surface area contributed by atoms with E-state index in [0.717, 1.165) is 19.3 Å². The van der Waals surface area contributed by atoms with E-state index in [1.807, 2.05) is 0 Å². The molecule has 0 aliphatic carbocycles. The maximum absolute atomic E-state index is 12.8. The molecule has 0 N–H and O–H groups in total. The van der Waals surface area contributed by atoms with Gasteiger partial charge in [0.1, 0.15) is 0 Å². The van der Waals surface area contributed by atoms with Crippen molar-refractivity contribution in [2.75, 3.05) is 33.3 Å². The second-order valence-corrected chi connectivity index (χ2v) is 9.02. The van der Waals surface area contributed by atoms with Gasteiger partial charge in [0.15, 0.2) is 0 Å². The van der Waals surface area contributed by atoms with Gasteiger partial charge in [0.05, 0.1) is 17.9 Å². The van der Waals surface area contributed by atoms with Crippen LogP contribution in [0.2, 0.25) is 0 Å². The lowest BCUT2D eigenvalue weighted by molar-refractivity contribution is -0.146. The Morgan fingerprint density at radius 2 is 1.70 bits per heavy atom. The predicted octanol–water partition coefficient (Wildman–Crippen LogP) is 1.89. The minimum absolute atomic E-state index is 0.166. The molecule has 0 bridgehead atoms. The molecular weight excluding hydrogens is 368 g/mol. The lowest BCUT2D eigenvalue weighted by Gasteiger charge is -2.31. The van der Waals surface area contributed by atoms with Gasteiger partial charge in [-0.15, -0.1) is 0 Å². The topological polar surface area (TPSA) is 84.0 Å². The van der Waals surface area contributed by atoms with Gasteiger partial charge in [-0.25, -0.2) is 8.42 Å². The van der Waals surface area contributed by atoms with Crippen LogP contribution < -0.4 is 0 Å². The van der Waals surface area contributed by atoms with Crippen LogP contribution in [0.25, 0.3) is 0 Å². The van der Waals surface area contributed by atoms with E-state index in [2.05, 4.69) is 0 Å². The van der Waals surface area contributed by atoms with Gasteiger partial charge >= 0.3 is 5.97 Å². The Labute approximate surface area is 160 Å². The Bertz CT molecular complexity index is 794. The first-order valence-electron chi connectivity index (χ1n) is 9.41. The SMILES string of the molecule is COC(=O)C1CCN(C(=O)c2cccc(S(=O)(=O)N3CCCCC3)c2)CC1. The molecule has 2 saturated heterocycles. The molecule has 148 valence electrons. The summed E-state index contributed by atoms with van der Waals surface area (Å²) in [5.74, 6) is -0.615. The zero-order chi connectivity index (χ0) is 19.4. The van der Waals surface area contributed by atoms with E-state index >= 15 is 0 Å². The number of nitrogens with zero attached hydrogens (tertiary/aromatic N) is 2. The van der Waals surface area contributed by atoms with Gasteiger partial charge < -0.3 is 9.64 Å². The van der Waals surface area contributed by atoms with Gasteiger partial charge in [-0.1, -0.05) is 12.5 Å². The summed E-state index contributed by atoms with van der Waals surface area (Å²) in [7, 11) is -2.20. The quantitative estimate of drug-likeness (QED) is 0.728. The van der Waals surface area contributed by atoms with E-state index in [4.69, 9.17) is 4.74 Å². The highest BCUT2D eigenvalue weighted by molar-refractivity contribution is 7.89. The number of sulfonamides is 1. The molecule has 1 aromatic rings. The van der Waals surface area contributed by atoms with Crippen molar-refractivity contribution in [2.24, 2.45) is 5.92 Å². The number of hydrogen-bond donors (Lipinski definition) is 0. The van der Waals surface area contributed by atoms with E-state index in [1.165, 1.54) is 17.5 Å². The van der Waals surface area contributed by atoms with E-state index in [-0.39, 0.29) is 22.7 Å². The van der Waals surface area contributed by atoms with Crippen LogP contribution in [0.4, 0.5) is 0 Å². The molecule has 0 aromatic heterocycles. The number of rotatable bonds is 4. The third-order valence-electron chi connectivity index (χ3n) is 5.35. The Balaban J connectivity index is 1.72. The molecule has 2 heterocycles. The summed E-state index contributed by atoms with van der Waals surface area (Å²) in [6.07, 6.45) is 3.90. The fourth-order valence-corrected chi connectivity index (χ4v) is 5.27. The molecule has 7 nitrogen and oxygen atoms in total. The summed E-state index contributed by atoms with van der Waals surface area (Å²) in [5, 5.41) is 0. The fraction of sp³-hybridized carbons (Fsp3) is 0.579. The first-order valence-corrected chi connectivity index (χ1v) is 10.8. The normalized spacial score (nSPS) is 19.7. The van der Waals surface area contributed by atoms with Gasteiger partial charge in [-0.05, 0) is 43.9 Å². The van der Waals surface area contributed by atoms with Gasteiger partial charge in [0.25, 0.3) is 5.91 Å². The highest BCUT2D eigenvalue weighted by Gasteiger charge is 2.30. The minimum atomic E-state index is -3.57. The number of amides is 1.